The van der Waals surface area contributed by atoms with Crippen LogP contribution in [0.1, 0.15) is 18.0 Å². The Morgan fingerprint density at radius 2 is 1.72 bits per heavy atom. The van der Waals surface area contributed by atoms with Crippen molar-refractivity contribution in [2.45, 2.75) is 18.4 Å². The van der Waals surface area contributed by atoms with Gasteiger partial charge in [0.15, 0.2) is 0 Å². The summed E-state index contributed by atoms with van der Waals surface area (Å²) in [7, 11) is 0. The second-order valence-corrected chi connectivity index (χ2v) is 4.55. The van der Waals surface area contributed by atoms with Gasteiger partial charge in [-0.1, -0.05) is 0 Å². The number of rotatable bonds is 1. The van der Waals surface area contributed by atoms with Crippen LogP contribution < -0.4 is 11.5 Å². The van der Waals surface area contributed by atoms with Gasteiger partial charge in [-0.05, 0) is 36.8 Å². The molecular formula is C13H15N5. The second kappa shape index (κ2) is 4.27. The number of hydrogen-bond donors (Lipinski definition) is 3. The summed E-state index contributed by atoms with van der Waals surface area (Å²) in [6.45, 7) is 0. The molecule has 0 radical (unpaired) electrons. The van der Waals surface area contributed by atoms with Crippen molar-refractivity contribution in [2.75, 3.05) is 5.73 Å². The predicted molar refractivity (Wildman–Crippen MR) is 71.3 cm³/mol. The molecule has 5 heteroatoms. The van der Waals surface area contributed by atoms with Crippen LogP contribution in [-0.2, 0) is 0 Å². The molecule has 1 saturated carbocycles. The van der Waals surface area contributed by atoms with Crippen molar-refractivity contribution in [2.24, 2.45) is 5.73 Å². The summed E-state index contributed by atoms with van der Waals surface area (Å²) in [4.78, 5) is 11.0. The van der Waals surface area contributed by atoms with Crippen molar-refractivity contribution < 1.29 is 0 Å². The topological polar surface area (TPSA) is 93.6 Å². The van der Waals surface area contributed by atoms with Gasteiger partial charge in [-0.25, -0.2) is 9.97 Å². The molecule has 3 aromatic rings. The minimum absolute atomic E-state index is 0.282. The number of benzene rings is 1. The van der Waals surface area contributed by atoms with E-state index in [1.807, 2.05) is 6.07 Å². The Labute approximate surface area is 105 Å². The number of nitrogens with zero attached hydrogens (tertiary/aromatic N) is 2. The Hall–Kier alpha value is -2.14. The largest absolute Gasteiger partial charge is 0.368 e. The second-order valence-electron chi connectivity index (χ2n) is 4.55. The van der Waals surface area contributed by atoms with Gasteiger partial charge >= 0.3 is 0 Å². The van der Waals surface area contributed by atoms with Crippen molar-refractivity contribution in [1.29, 1.82) is 0 Å². The highest BCUT2D eigenvalue weighted by Crippen LogP contribution is 2.37. The first kappa shape index (κ1) is 11.0. The van der Waals surface area contributed by atoms with Crippen LogP contribution >= 0.6 is 0 Å². The number of anilines is 1. The lowest BCUT2D eigenvalue weighted by atomic mass is 10.3. The van der Waals surface area contributed by atoms with Crippen LogP contribution in [0.25, 0.3) is 11.0 Å². The fourth-order valence-corrected chi connectivity index (χ4v) is 1.95. The first-order valence-electron chi connectivity index (χ1n) is 5.93. The fourth-order valence-electron chi connectivity index (χ4n) is 1.95. The summed E-state index contributed by atoms with van der Waals surface area (Å²) in [5.74, 6) is 0.752. The average Bonchev–Trinajstić information content (AvgIpc) is 2.81. The van der Waals surface area contributed by atoms with Crippen molar-refractivity contribution in [1.82, 2.24) is 15.0 Å². The molecule has 0 saturated heterocycles. The predicted octanol–water partition coefficient (Wildman–Crippen LogP) is 1.48. The van der Waals surface area contributed by atoms with E-state index in [0.717, 1.165) is 12.1 Å². The van der Waals surface area contributed by atoms with Crippen LogP contribution in [-0.4, -0.2) is 21.0 Å². The maximum atomic E-state index is 5.65. The number of aromatic nitrogens is 3. The molecule has 2 bridgehead atoms. The van der Waals surface area contributed by atoms with Gasteiger partial charge in [-0.2, -0.15) is 0 Å². The van der Waals surface area contributed by atoms with E-state index in [1.165, 1.54) is 11.0 Å². The van der Waals surface area contributed by atoms with E-state index in [-0.39, 0.29) is 6.04 Å². The third-order valence-corrected chi connectivity index (χ3v) is 3.09. The van der Waals surface area contributed by atoms with E-state index in [2.05, 4.69) is 39.2 Å². The highest BCUT2D eigenvalue weighted by atomic mass is 15.0. The molecule has 2 atom stereocenters. The molecule has 0 spiro atoms. The molecule has 18 heavy (non-hydrogen) atoms. The smallest absolute Gasteiger partial charge is 0.220 e. The number of fused-ring (bicyclic) bond motifs is 2. The zero-order valence-electron chi connectivity index (χ0n) is 9.88. The maximum absolute atomic E-state index is 5.65. The zero-order chi connectivity index (χ0) is 12.5. The average molecular weight is 241 g/mol. The van der Waals surface area contributed by atoms with Crippen LogP contribution in [0.4, 0.5) is 5.95 Å². The molecule has 2 unspecified atom stereocenters. The molecule has 4 rings (SSSR count). The highest BCUT2D eigenvalue weighted by Gasteiger charge is 2.36. The summed E-state index contributed by atoms with van der Waals surface area (Å²) in [5.41, 5.74) is 14.5. The number of aromatic amines is 1. The normalized spacial score (nSPS) is 21.6. The van der Waals surface area contributed by atoms with Crippen molar-refractivity contribution in [3.05, 3.63) is 42.2 Å². The van der Waals surface area contributed by atoms with E-state index >= 15 is 0 Å². The van der Waals surface area contributed by atoms with Crippen LogP contribution in [0.15, 0.2) is 36.5 Å². The molecule has 1 aliphatic carbocycles. The molecule has 5 nitrogen and oxygen atoms in total. The Morgan fingerprint density at radius 3 is 2.11 bits per heavy atom. The third kappa shape index (κ3) is 2.26. The molecule has 92 valence electrons. The van der Waals surface area contributed by atoms with E-state index in [0.29, 0.717) is 11.9 Å². The van der Waals surface area contributed by atoms with Gasteiger partial charge in [-0.15, -0.1) is 0 Å². The van der Waals surface area contributed by atoms with Gasteiger partial charge in [-0.3, -0.25) is 0 Å². The molecule has 1 fully saturated rings. The molecule has 3 heterocycles. The number of nitrogens with two attached hydrogens (primary N) is 2. The lowest BCUT2D eigenvalue weighted by Gasteiger charge is -1.96. The lowest BCUT2D eigenvalue weighted by Crippen LogP contribution is -2.03. The van der Waals surface area contributed by atoms with E-state index in [9.17, 15) is 0 Å². The molecule has 5 N–H and O–H groups in total. The van der Waals surface area contributed by atoms with Crippen LogP contribution in [0.5, 0.6) is 0 Å². The summed E-state index contributed by atoms with van der Waals surface area (Å²) in [5, 5.41) is 0. The Balaban J connectivity index is 0.000000122. The van der Waals surface area contributed by atoms with E-state index in [4.69, 9.17) is 11.5 Å². The zero-order valence-corrected chi connectivity index (χ0v) is 9.88. The number of hydrogen-bond acceptors (Lipinski definition) is 4. The van der Waals surface area contributed by atoms with E-state index < -0.39 is 0 Å². The van der Waals surface area contributed by atoms with E-state index in [1.54, 1.807) is 6.20 Å². The third-order valence-electron chi connectivity index (χ3n) is 3.09. The maximum Gasteiger partial charge on any atom is 0.220 e. The van der Waals surface area contributed by atoms with Gasteiger partial charge in [0.25, 0.3) is 0 Å². The number of nitrogen functional groups attached to an aromatic ring is 1. The molecule has 0 aromatic carbocycles. The molecule has 0 amide bonds. The summed E-state index contributed by atoms with van der Waals surface area (Å²) in [6.07, 6.45) is 2.69. The molecule has 3 aromatic heterocycles. The molecule has 0 aliphatic heterocycles. The van der Waals surface area contributed by atoms with Crippen molar-refractivity contribution in [3.8, 4) is 0 Å². The molecule has 1 aliphatic rings. The van der Waals surface area contributed by atoms with Crippen LogP contribution in [0, 0.1) is 0 Å². The number of H-pyrrole nitrogens is 1. The highest BCUT2D eigenvalue weighted by molar-refractivity contribution is 5.64. The van der Waals surface area contributed by atoms with Gasteiger partial charge in [0, 0.05) is 29.2 Å². The summed E-state index contributed by atoms with van der Waals surface area (Å²) in [6, 6.07) is 10.4. The molecular weight excluding hydrogens is 226 g/mol. The van der Waals surface area contributed by atoms with Gasteiger partial charge < -0.3 is 16.5 Å². The Kier molecular flexibility index (Phi) is 2.60. The van der Waals surface area contributed by atoms with Gasteiger partial charge in [0.2, 0.25) is 5.95 Å². The van der Waals surface area contributed by atoms with Crippen molar-refractivity contribution >= 4 is 17.0 Å². The van der Waals surface area contributed by atoms with Gasteiger partial charge in [0.05, 0.1) is 5.69 Å². The lowest BCUT2D eigenvalue weighted by molar-refractivity contribution is 0.935. The standard InChI is InChI=1S/C7H10N4.C6H5N/c8-5-3-4(5)6-1-2-10-7(9)11-6;1-2-6-4-3-5(1)7-6/h1-2,4-5H,3,8H2,(H2,9,10,11);1-4,7H. The van der Waals surface area contributed by atoms with Crippen molar-refractivity contribution in [3.63, 3.8) is 0 Å². The van der Waals surface area contributed by atoms with Gasteiger partial charge in [0.1, 0.15) is 0 Å². The first-order valence-corrected chi connectivity index (χ1v) is 5.93. The first-order chi connectivity index (χ1) is 8.72. The quantitative estimate of drug-likeness (QED) is 0.601. The van der Waals surface area contributed by atoms with Crippen LogP contribution in [0.3, 0.4) is 0 Å². The monoisotopic (exact) mass is 241 g/mol. The Morgan fingerprint density at radius 1 is 1.11 bits per heavy atom. The Bertz CT molecular complexity index is 587. The minimum Gasteiger partial charge on any atom is -0.368 e. The summed E-state index contributed by atoms with van der Waals surface area (Å²) < 4.78 is 0. The number of nitrogens with one attached hydrogen (secondary N) is 1. The fraction of sp³-hybridized carbons (Fsp3) is 0.231. The van der Waals surface area contributed by atoms with Crippen LogP contribution in [0.2, 0.25) is 0 Å². The minimum atomic E-state index is 0.282. The SMILES string of the molecule is Nc1nccc(C2CC2N)n1.c1cc2ccc1[nH]2. The summed E-state index contributed by atoms with van der Waals surface area (Å²) >= 11 is 0.